The van der Waals surface area contributed by atoms with E-state index in [0.717, 1.165) is 30.7 Å². The summed E-state index contributed by atoms with van der Waals surface area (Å²) in [4.78, 5) is 34.4. The van der Waals surface area contributed by atoms with Gasteiger partial charge in [-0.1, -0.05) is 18.2 Å². The molecule has 6 nitrogen and oxygen atoms in total. The maximum Gasteiger partial charge on any atom is 0.254 e. The second-order valence-corrected chi connectivity index (χ2v) is 8.04. The van der Waals surface area contributed by atoms with Crippen LogP contribution < -0.4 is 5.56 Å². The summed E-state index contributed by atoms with van der Waals surface area (Å²) in [5.74, 6) is 2.33. The standard InChI is InChI=1S/C22H24N4O2/c27-20-13-18(17-3-1-2-4-19(17)24-20)22(28)25-10-7-16(8-11-25)21-23-9-12-26(21)14-15-5-6-15/h1-4,9,12-13,15-16H,5-8,10-11,14H2,(H,24,27). The molecule has 0 radical (unpaired) electrons. The van der Waals surface area contributed by atoms with Gasteiger partial charge < -0.3 is 14.5 Å². The molecule has 0 atom stereocenters. The van der Waals surface area contributed by atoms with Gasteiger partial charge >= 0.3 is 0 Å². The Kier molecular flexibility index (Phi) is 4.26. The molecule has 1 saturated heterocycles. The van der Waals surface area contributed by atoms with E-state index in [1.54, 1.807) is 0 Å². The molecule has 2 aromatic heterocycles. The highest BCUT2D eigenvalue weighted by molar-refractivity contribution is 6.05. The number of hydrogen-bond acceptors (Lipinski definition) is 3. The van der Waals surface area contributed by atoms with Gasteiger partial charge in [-0.25, -0.2) is 4.98 Å². The van der Waals surface area contributed by atoms with Gasteiger partial charge in [-0.2, -0.15) is 0 Å². The number of amides is 1. The van der Waals surface area contributed by atoms with Crippen LogP contribution in [-0.4, -0.2) is 38.4 Å². The third-order valence-corrected chi connectivity index (χ3v) is 6.03. The van der Waals surface area contributed by atoms with Gasteiger partial charge in [0.25, 0.3) is 5.91 Å². The fourth-order valence-electron chi connectivity index (χ4n) is 4.31. The number of H-pyrrole nitrogens is 1. The Bertz CT molecular complexity index is 1070. The van der Waals surface area contributed by atoms with E-state index in [9.17, 15) is 9.59 Å². The van der Waals surface area contributed by atoms with Gasteiger partial charge in [0.05, 0.1) is 5.56 Å². The summed E-state index contributed by atoms with van der Waals surface area (Å²) in [5.41, 5.74) is 0.961. The van der Waals surface area contributed by atoms with Crippen LogP contribution in [0.3, 0.4) is 0 Å². The first kappa shape index (κ1) is 17.2. The second kappa shape index (κ2) is 6.93. The van der Waals surface area contributed by atoms with Crippen LogP contribution in [0.4, 0.5) is 0 Å². The molecule has 2 fully saturated rings. The lowest BCUT2D eigenvalue weighted by atomic mass is 9.95. The second-order valence-electron chi connectivity index (χ2n) is 8.04. The molecule has 1 saturated carbocycles. The lowest BCUT2D eigenvalue weighted by molar-refractivity contribution is 0.0712. The van der Waals surface area contributed by atoms with Crippen molar-refractivity contribution in [1.82, 2.24) is 19.4 Å². The van der Waals surface area contributed by atoms with E-state index in [4.69, 9.17) is 0 Å². The summed E-state index contributed by atoms with van der Waals surface area (Å²) in [6.45, 7) is 2.47. The summed E-state index contributed by atoms with van der Waals surface area (Å²) in [6, 6.07) is 8.91. The molecule has 5 rings (SSSR count). The fraction of sp³-hybridized carbons (Fsp3) is 0.409. The zero-order valence-electron chi connectivity index (χ0n) is 15.8. The summed E-state index contributed by atoms with van der Waals surface area (Å²) >= 11 is 0. The highest BCUT2D eigenvalue weighted by atomic mass is 16.2. The summed E-state index contributed by atoms with van der Waals surface area (Å²) in [6.07, 6.45) is 8.47. The minimum Gasteiger partial charge on any atom is -0.339 e. The molecular weight excluding hydrogens is 352 g/mol. The molecule has 6 heteroatoms. The van der Waals surface area contributed by atoms with Crippen molar-refractivity contribution in [3.05, 3.63) is 64.5 Å². The van der Waals surface area contributed by atoms with E-state index in [1.165, 1.54) is 24.7 Å². The molecule has 1 aliphatic carbocycles. The SMILES string of the molecule is O=C(c1cc(=O)[nH]c2ccccc12)N1CCC(c2nccn2CC2CC2)CC1. The summed E-state index contributed by atoms with van der Waals surface area (Å²) < 4.78 is 2.31. The quantitative estimate of drug-likeness (QED) is 0.760. The molecule has 1 N–H and O–H groups in total. The Morgan fingerprint density at radius 3 is 2.71 bits per heavy atom. The maximum absolute atomic E-state index is 13.1. The highest BCUT2D eigenvalue weighted by Gasteiger charge is 2.29. The van der Waals surface area contributed by atoms with Crippen molar-refractivity contribution in [2.45, 2.75) is 38.1 Å². The average Bonchev–Trinajstić information content (AvgIpc) is 3.42. The Morgan fingerprint density at radius 1 is 1.14 bits per heavy atom. The van der Waals surface area contributed by atoms with Crippen molar-refractivity contribution < 1.29 is 4.79 Å². The van der Waals surface area contributed by atoms with Crippen LogP contribution in [-0.2, 0) is 6.54 Å². The molecule has 3 aromatic rings. The number of nitrogens with one attached hydrogen (secondary N) is 1. The van der Waals surface area contributed by atoms with Crippen LogP contribution in [0.5, 0.6) is 0 Å². The van der Waals surface area contributed by atoms with Gasteiger partial charge in [-0.3, -0.25) is 9.59 Å². The molecule has 1 amide bonds. The molecule has 1 aliphatic heterocycles. The number of likely N-dealkylation sites (tertiary alicyclic amines) is 1. The Morgan fingerprint density at radius 2 is 1.93 bits per heavy atom. The molecular formula is C22H24N4O2. The van der Waals surface area contributed by atoms with Crippen molar-refractivity contribution in [2.24, 2.45) is 5.92 Å². The van der Waals surface area contributed by atoms with Crippen LogP contribution in [0, 0.1) is 5.92 Å². The van der Waals surface area contributed by atoms with Gasteiger partial charge in [0, 0.05) is 54.9 Å². The van der Waals surface area contributed by atoms with E-state index >= 15 is 0 Å². The number of aromatic nitrogens is 3. The summed E-state index contributed by atoms with van der Waals surface area (Å²) in [5, 5.41) is 0.800. The third kappa shape index (κ3) is 3.23. The molecule has 1 aromatic carbocycles. The third-order valence-electron chi connectivity index (χ3n) is 6.03. The zero-order valence-corrected chi connectivity index (χ0v) is 15.8. The smallest absolute Gasteiger partial charge is 0.254 e. The Labute approximate surface area is 163 Å². The largest absolute Gasteiger partial charge is 0.339 e. The molecule has 0 spiro atoms. The first-order valence-corrected chi connectivity index (χ1v) is 10.1. The first-order chi connectivity index (χ1) is 13.7. The number of pyridine rings is 1. The molecule has 0 bridgehead atoms. The van der Waals surface area contributed by atoms with Gasteiger partial charge in [-0.05, 0) is 37.7 Å². The lowest BCUT2D eigenvalue weighted by Crippen LogP contribution is -2.38. The number of benzene rings is 1. The predicted molar refractivity (Wildman–Crippen MR) is 107 cm³/mol. The number of carbonyl (C=O) groups excluding carboxylic acids is 1. The monoisotopic (exact) mass is 376 g/mol. The molecule has 2 aliphatic rings. The molecule has 144 valence electrons. The average molecular weight is 376 g/mol. The fourth-order valence-corrected chi connectivity index (χ4v) is 4.31. The van der Waals surface area contributed by atoms with Crippen molar-refractivity contribution in [2.75, 3.05) is 13.1 Å². The van der Waals surface area contributed by atoms with Gasteiger partial charge in [0.15, 0.2) is 0 Å². The van der Waals surface area contributed by atoms with E-state index in [2.05, 4.69) is 20.7 Å². The van der Waals surface area contributed by atoms with Crippen molar-refractivity contribution in [3.8, 4) is 0 Å². The normalized spacial score (nSPS) is 17.9. The topological polar surface area (TPSA) is 71.0 Å². The van der Waals surface area contributed by atoms with Crippen molar-refractivity contribution >= 4 is 16.8 Å². The van der Waals surface area contributed by atoms with Crippen molar-refractivity contribution in [3.63, 3.8) is 0 Å². The van der Waals surface area contributed by atoms with E-state index < -0.39 is 0 Å². The molecule has 28 heavy (non-hydrogen) atoms. The molecule has 3 heterocycles. The van der Waals surface area contributed by atoms with Crippen LogP contribution in [0.25, 0.3) is 10.9 Å². The van der Waals surface area contributed by atoms with E-state index in [1.807, 2.05) is 35.4 Å². The van der Waals surface area contributed by atoms with Crippen LogP contribution in [0.1, 0.15) is 47.8 Å². The van der Waals surface area contributed by atoms with E-state index in [0.29, 0.717) is 30.1 Å². The molecule has 0 unspecified atom stereocenters. The lowest BCUT2D eigenvalue weighted by Gasteiger charge is -2.32. The highest BCUT2D eigenvalue weighted by Crippen LogP contribution is 2.33. The number of para-hydroxylation sites is 1. The number of aromatic amines is 1. The number of imidazole rings is 1. The minimum absolute atomic E-state index is 0.0536. The number of carbonyl (C=O) groups is 1. The predicted octanol–water partition coefficient (Wildman–Crippen LogP) is 3.15. The van der Waals surface area contributed by atoms with Gasteiger partial charge in [0.1, 0.15) is 5.82 Å². The minimum atomic E-state index is -0.237. The van der Waals surface area contributed by atoms with Crippen LogP contribution >= 0.6 is 0 Å². The number of rotatable bonds is 4. The van der Waals surface area contributed by atoms with Gasteiger partial charge in [-0.15, -0.1) is 0 Å². The van der Waals surface area contributed by atoms with E-state index in [-0.39, 0.29) is 11.5 Å². The Hall–Kier alpha value is -2.89. The van der Waals surface area contributed by atoms with Gasteiger partial charge in [0.2, 0.25) is 5.56 Å². The maximum atomic E-state index is 13.1. The van der Waals surface area contributed by atoms with Crippen LogP contribution in [0.15, 0.2) is 47.5 Å². The number of fused-ring (bicyclic) bond motifs is 1. The first-order valence-electron chi connectivity index (χ1n) is 10.1. The number of piperidine rings is 1. The zero-order chi connectivity index (χ0) is 19.1. The number of nitrogens with zero attached hydrogens (tertiary/aromatic N) is 3. The summed E-state index contributed by atoms with van der Waals surface area (Å²) in [7, 11) is 0. The van der Waals surface area contributed by atoms with Crippen molar-refractivity contribution in [1.29, 1.82) is 0 Å². The number of hydrogen-bond donors (Lipinski definition) is 1. The Balaban J connectivity index is 1.33. The van der Waals surface area contributed by atoms with Crippen LogP contribution in [0.2, 0.25) is 0 Å².